The molecule has 2 aromatic heterocycles. The summed E-state index contributed by atoms with van der Waals surface area (Å²) in [5.41, 5.74) is 1.18. The van der Waals surface area contributed by atoms with Crippen molar-refractivity contribution in [1.29, 1.82) is 0 Å². The summed E-state index contributed by atoms with van der Waals surface area (Å²) in [5, 5.41) is 9.79. The number of nitrogens with zero attached hydrogens (tertiary/aromatic N) is 2. The maximum Gasteiger partial charge on any atom is 0.134 e. The summed E-state index contributed by atoms with van der Waals surface area (Å²) in [6, 6.07) is 4.20. The van der Waals surface area contributed by atoms with Crippen molar-refractivity contribution in [3.63, 3.8) is 0 Å². The van der Waals surface area contributed by atoms with Gasteiger partial charge >= 0.3 is 0 Å². The number of aromatic nitrogens is 2. The number of aryl methyl sites for hydroxylation is 1. The first kappa shape index (κ1) is 13.1. The average molecular weight is 265 g/mol. The molecule has 0 bridgehead atoms. The van der Waals surface area contributed by atoms with Crippen LogP contribution in [0.3, 0.4) is 0 Å². The molecule has 1 unspecified atom stereocenters. The van der Waals surface area contributed by atoms with Crippen molar-refractivity contribution in [3.05, 3.63) is 34.3 Å². The number of hydrogen-bond acceptors (Lipinski definition) is 4. The van der Waals surface area contributed by atoms with Crippen molar-refractivity contribution in [2.45, 2.75) is 25.9 Å². The Morgan fingerprint density at radius 3 is 3.00 bits per heavy atom. The van der Waals surface area contributed by atoms with Gasteiger partial charge in [-0.1, -0.05) is 6.92 Å². The highest BCUT2D eigenvalue weighted by Gasteiger charge is 2.21. The highest BCUT2D eigenvalue weighted by Crippen LogP contribution is 2.34. The molecule has 0 aromatic carbocycles. The van der Waals surface area contributed by atoms with Gasteiger partial charge in [-0.25, -0.2) is 0 Å². The van der Waals surface area contributed by atoms with Crippen LogP contribution in [0.2, 0.25) is 0 Å². The highest BCUT2D eigenvalue weighted by molar-refractivity contribution is 7.10. The third-order valence-electron chi connectivity index (χ3n) is 2.91. The molecule has 0 radical (unpaired) electrons. The number of thiophene rings is 1. The Bertz CT molecular complexity index is 492. The second-order valence-corrected chi connectivity index (χ2v) is 5.00. The van der Waals surface area contributed by atoms with E-state index >= 15 is 0 Å². The van der Waals surface area contributed by atoms with Crippen molar-refractivity contribution in [1.82, 2.24) is 15.1 Å². The van der Waals surface area contributed by atoms with E-state index in [1.165, 1.54) is 10.6 Å². The van der Waals surface area contributed by atoms with Gasteiger partial charge in [0.1, 0.15) is 5.75 Å². The second kappa shape index (κ2) is 6.02. The number of ether oxygens (including phenoxy) is 1. The van der Waals surface area contributed by atoms with Crippen LogP contribution in [-0.4, -0.2) is 23.9 Å². The smallest absolute Gasteiger partial charge is 0.134 e. The van der Waals surface area contributed by atoms with E-state index in [2.05, 4.69) is 33.5 Å². The number of methoxy groups -OCH3 is 1. The van der Waals surface area contributed by atoms with Gasteiger partial charge < -0.3 is 10.1 Å². The standard InChI is InChI=1S/C13H19N3OS/c1-4-8-16-10(5-7-15-16)12(14-2)13-11(17-3)6-9-18-13/h5-7,9,12,14H,4,8H2,1-3H3. The molecule has 0 aliphatic heterocycles. The van der Waals surface area contributed by atoms with Crippen LogP contribution in [0.15, 0.2) is 23.7 Å². The lowest BCUT2D eigenvalue weighted by Crippen LogP contribution is -2.21. The molecule has 2 rings (SSSR count). The van der Waals surface area contributed by atoms with Crippen molar-refractivity contribution >= 4 is 11.3 Å². The molecule has 5 heteroatoms. The predicted octanol–water partition coefficient (Wildman–Crippen LogP) is 2.67. The van der Waals surface area contributed by atoms with Gasteiger partial charge in [0, 0.05) is 12.7 Å². The van der Waals surface area contributed by atoms with E-state index in [1.54, 1.807) is 18.4 Å². The topological polar surface area (TPSA) is 39.1 Å². The van der Waals surface area contributed by atoms with Crippen LogP contribution in [0.5, 0.6) is 5.75 Å². The Morgan fingerprint density at radius 1 is 1.50 bits per heavy atom. The molecule has 1 N–H and O–H groups in total. The highest BCUT2D eigenvalue weighted by atomic mass is 32.1. The molecule has 0 fully saturated rings. The Labute approximate surface area is 112 Å². The first-order valence-corrected chi connectivity index (χ1v) is 7.00. The Kier molecular flexibility index (Phi) is 4.38. The van der Waals surface area contributed by atoms with E-state index in [-0.39, 0.29) is 6.04 Å². The van der Waals surface area contributed by atoms with Gasteiger partial charge in [-0.3, -0.25) is 4.68 Å². The molecule has 0 amide bonds. The summed E-state index contributed by atoms with van der Waals surface area (Å²) in [7, 11) is 3.68. The Hall–Kier alpha value is -1.33. The lowest BCUT2D eigenvalue weighted by atomic mass is 10.1. The number of rotatable bonds is 6. The second-order valence-electron chi connectivity index (χ2n) is 4.05. The molecular weight excluding hydrogens is 246 g/mol. The molecule has 0 saturated carbocycles. The molecule has 2 aromatic rings. The van der Waals surface area contributed by atoms with E-state index in [0.29, 0.717) is 0 Å². The summed E-state index contributed by atoms with van der Waals surface area (Å²) >= 11 is 1.70. The zero-order valence-corrected chi connectivity index (χ0v) is 11.8. The van der Waals surface area contributed by atoms with Gasteiger partial charge in [-0.05, 0) is 31.0 Å². The van der Waals surface area contributed by atoms with Gasteiger partial charge in [0.05, 0.1) is 23.7 Å². The Balaban J connectivity index is 2.36. The van der Waals surface area contributed by atoms with E-state index in [0.717, 1.165) is 18.7 Å². The third-order valence-corrected chi connectivity index (χ3v) is 3.87. The fourth-order valence-corrected chi connectivity index (χ4v) is 3.07. The molecule has 0 aliphatic rings. The monoisotopic (exact) mass is 265 g/mol. The van der Waals surface area contributed by atoms with E-state index in [4.69, 9.17) is 4.74 Å². The summed E-state index contributed by atoms with van der Waals surface area (Å²) in [4.78, 5) is 1.19. The summed E-state index contributed by atoms with van der Waals surface area (Å²) in [6.45, 7) is 3.10. The molecule has 18 heavy (non-hydrogen) atoms. The van der Waals surface area contributed by atoms with Crippen LogP contribution >= 0.6 is 11.3 Å². The fourth-order valence-electron chi connectivity index (χ4n) is 2.09. The first-order chi connectivity index (χ1) is 8.81. The minimum absolute atomic E-state index is 0.133. The van der Waals surface area contributed by atoms with Crippen LogP contribution in [0.25, 0.3) is 0 Å². The first-order valence-electron chi connectivity index (χ1n) is 6.12. The van der Waals surface area contributed by atoms with Gasteiger partial charge in [0.25, 0.3) is 0 Å². The summed E-state index contributed by atoms with van der Waals surface area (Å²) in [5.74, 6) is 0.934. The van der Waals surface area contributed by atoms with E-state index in [9.17, 15) is 0 Å². The summed E-state index contributed by atoms with van der Waals surface area (Å²) < 4.78 is 7.46. The molecule has 0 spiro atoms. The molecule has 98 valence electrons. The minimum Gasteiger partial charge on any atom is -0.496 e. The predicted molar refractivity (Wildman–Crippen MR) is 74.3 cm³/mol. The number of hydrogen-bond donors (Lipinski definition) is 1. The maximum absolute atomic E-state index is 5.41. The van der Waals surface area contributed by atoms with Gasteiger partial charge in [-0.2, -0.15) is 5.10 Å². The fraction of sp³-hybridized carbons (Fsp3) is 0.462. The normalized spacial score (nSPS) is 12.6. The number of nitrogens with one attached hydrogen (secondary N) is 1. The van der Waals surface area contributed by atoms with Crippen LogP contribution in [0, 0.1) is 0 Å². The van der Waals surface area contributed by atoms with Gasteiger partial charge in [0.15, 0.2) is 0 Å². The third kappa shape index (κ3) is 2.42. The quantitative estimate of drug-likeness (QED) is 0.873. The lowest BCUT2D eigenvalue weighted by molar-refractivity contribution is 0.407. The van der Waals surface area contributed by atoms with Crippen molar-refractivity contribution in [2.24, 2.45) is 0 Å². The van der Waals surface area contributed by atoms with Crippen LogP contribution in [0.1, 0.15) is 30.0 Å². The van der Waals surface area contributed by atoms with Crippen LogP contribution in [-0.2, 0) is 6.54 Å². The zero-order valence-electron chi connectivity index (χ0n) is 11.0. The zero-order chi connectivity index (χ0) is 13.0. The minimum atomic E-state index is 0.133. The van der Waals surface area contributed by atoms with Crippen LogP contribution in [0.4, 0.5) is 0 Å². The largest absolute Gasteiger partial charge is 0.496 e. The molecule has 0 saturated heterocycles. The average Bonchev–Trinajstić information content (AvgIpc) is 3.01. The molecule has 1 atom stereocenters. The van der Waals surface area contributed by atoms with Gasteiger partial charge in [-0.15, -0.1) is 11.3 Å². The van der Waals surface area contributed by atoms with E-state index in [1.807, 2.05) is 19.3 Å². The lowest BCUT2D eigenvalue weighted by Gasteiger charge is -2.18. The van der Waals surface area contributed by atoms with Crippen LogP contribution < -0.4 is 10.1 Å². The van der Waals surface area contributed by atoms with Crippen molar-refractivity contribution in [2.75, 3.05) is 14.2 Å². The molecule has 4 nitrogen and oxygen atoms in total. The molecular formula is C13H19N3OS. The van der Waals surface area contributed by atoms with E-state index < -0.39 is 0 Å². The summed E-state index contributed by atoms with van der Waals surface area (Å²) in [6.07, 6.45) is 2.93. The molecule has 0 aliphatic carbocycles. The maximum atomic E-state index is 5.41. The molecule has 2 heterocycles. The Morgan fingerprint density at radius 2 is 2.33 bits per heavy atom. The van der Waals surface area contributed by atoms with Crippen molar-refractivity contribution < 1.29 is 4.74 Å². The SMILES string of the molecule is CCCn1nccc1C(NC)c1sccc1OC. The van der Waals surface area contributed by atoms with Gasteiger partial charge in [0.2, 0.25) is 0 Å². The van der Waals surface area contributed by atoms with Crippen molar-refractivity contribution in [3.8, 4) is 5.75 Å².